The molecule has 26 heavy (non-hydrogen) atoms. The molecule has 1 amide bonds. The third-order valence-electron chi connectivity index (χ3n) is 3.91. The fourth-order valence-electron chi connectivity index (χ4n) is 2.32. The van der Waals surface area contributed by atoms with E-state index in [1.54, 1.807) is 14.0 Å². The first-order valence-corrected chi connectivity index (χ1v) is 9.39. The summed E-state index contributed by atoms with van der Waals surface area (Å²) in [5.41, 5.74) is 5.35. The molecule has 0 fully saturated rings. The Bertz CT molecular complexity index is 404. The lowest BCUT2D eigenvalue weighted by atomic mass is 10.0. The number of nitrogens with two attached hydrogens (primary N) is 1. The standard InChI is InChI=1S/C18H35N3O5/c1-3-18(24)21-9-10-25-11-12-26-14-15(22)7-5-4-6-8-16(20-2)17(23)13-19/h16,20H,3-14,19H2,1-2H3,(H,21,24)/t16-/m0/s1. The average Bonchev–Trinajstić information content (AvgIpc) is 2.65. The van der Waals surface area contributed by atoms with Crippen molar-refractivity contribution in [2.24, 2.45) is 5.73 Å². The number of Topliss-reactive ketones (excluding diaryl/α,β-unsaturated/α-hetero) is 2. The highest BCUT2D eigenvalue weighted by molar-refractivity contribution is 5.85. The molecular weight excluding hydrogens is 338 g/mol. The third kappa shape index (κ3) is 13.9. The van der Waals surface area contributed by atoms with Crippen LogP contribution >= 0.6 is 0 Å². The summed E-state index contributed by atoms with van der Waals surface area (Å²) in [6.07, 6.45) is 4.27. The Morgan fingerprint density at radius 3 is 2.42 bits per heavy atom. The molecule has 0 aliphatic carbocycles. The summed E-state index contributed by atoms with van der Waals surface area (Å²) in [5, 5.41) is 5.67. The van der Waals surface area contributed by atoms with Crippen molar-refractivity contribution < 1.29 is 23.9 Å². The minimum Gasteiger partial charge on any atom is -0.377 e. The molecule has 0 heterocycles. The van der Waals surface area contributed by atoms with Gasteiger partial charge in [0.25, 0.3) is 0 Å². The van der Waals surface area contributed by atoms with Crippen molar-refractivity contribution in [2.45, 2.75) is 51.5 Å². The molecule has 0 aliphatic rings. The van der Waals surface area contributed by atoms with Crippen molar-refractivity contribution in [3.63, 3.8) is 0 Å². The fraction of sp³-hybridized carbons (Fsp3) is 0.833. The minimum absolute atomic E-state index is 0.00269. The molecule has 8 heteroatoms. The number of hydrogen-bond acceptors (Lipinski definition) is 7. The van der Waals surface area contributed by atoms with Gasteiger partial charge in [0.15, 0.2) is 11.6 Å². The lowest BCUT2D eigenvalue weighted by molar-refractivity contribution is -0.124. The number of hydrogen-bond donors (Lipinski definition) is 3. The Hall–Kier alpha value is -1.35. The number of rotatable bonds is 18. The molecular formula is C18H35N3O5. The van der Waals surface area contributed by atoms with Gasteiger partial charge in [-0.1, -0.05) is 19.8 Å². The molecule has 0 rings (SSSR count). The highest BCUT2D eigenvalue weighted by Crippen LogP contribution is 2.07. The Kier molecular flexibility index (Phi) is 16.2. The number of ketones is 2. The van der Waals surface area contributed by atoms with E-state index in [1.807, 2.05) is 0 Å². The Morgan fingerprint density at radius 2 is 1.77 bits per heavy atom. The topological polar surface area (TPSA) is 120 Å². The number of nitrogens with one attached hydrogen (secondary N) is 2. The molecule has 0 spiro atoms. The van der Waals surface area contributed by atoms with Gasteiger partial charge >= 0.3 is 0 Å². The summed E-state index contributed by atoms with van der Waals surface area (Å²) in [6, 6.07) is -0.186. The molecule has 0 bridgehead atoms. The molecule has 8 nitrogen and oxygen atoms in total. The minimum atomic E-state index is -0.186. The zero-order valence-corrected chi connectivity index (χ0v) is 16.2. The van der Waals surface area contributed by atoms with Crippen LogP contribution in [0.5, 0.6) is 0 Å². The van der Waals surface area contributed by atoms with Crippen LogP contribution in [0.25, 0.3) is 0 Å². The number of carbonyl (C=O) groups is 3. The Morgan fingerprint density at radius 1 is 1.04 bits per heavy atom. The van der Waals surface area contributed by atoms with E-state index >= 15 is 0 Å². The van der Waals surface area contributed by atoms with Crippen LogP contribution in [0.4, 0.5) is 0 Å². The van der Waals surface area contributed by atoms with Crippen molar-refractivity contribution >= 4 is 17.5 Å². The molecule has 0 aliphatic heterocycles. The van der Waals surface area contributed by atoms with Gasteiger partial charge in [0, 0.05) is 19.4 Å². The van der Waals surface area contributed by atoms with Crippen LogP contribution in [0.3, 0.4) is 0 Å². The van der Waals surface area contributed by atoms with Gasteiger partial charge in [-0.25, -0.2) is 0 Å². The van der Waals surface area contributed by atoms with Gasteiger partial charge in [0.2, 0.25) is 5.91 Å². The van der Waals surface area contributed by atoms with Crippen molar-refractivity contribution in [1.29, 1.82) is 0 Å². The molecule has 152 valence electrons. The van der Waals surface area contributed by atoms with Crippen LogP contribution < -0.4 is 16.4 Å². The molecule has 0 aromatic heterocycles. The lowest BCUT2D eigenvalue weighted by Crippen LogP contribution is -2.38. The van der Waals surface area contributed by atoms with Gasteiger partial charge in [0.05, 0.1) is 32.4 Å². The maximum Gasteiger partial charge on any atom is 0.219 e. The quantitative estimate of drug-likeness (QED) is 0.293. The first kappa shape index (κ1) is 24.7. The van der Waals surface area contributed by atoms with Crippen LogP contribution in [0.2, 0.25) is 0 Å². The van der Waals surface area contributed by atoms with Crippen LogP contribution in [-0.4, -0.2) is 70.1 Å². The largest absolute Gasteiger partial charge is 0.377 e. The average molecular weight is 373 g/mol. The first-order chi connectivity index (χ1) is 12.5. The molecule has 0 saturated carbocycles. The Labute approximate surface area is 156 Å². The fourth-order valence-corrected chi connectivity index (χ4v) is 2.32. The lowest BCUT2D eigenvalue weighted by Gasteiger charge is -2.13. The molecule has 0 saturated heterocycles. The van der Waals surface area contributed by atoms with Gasteiger partial charge in [0.1, 0.15) is 6.61 Å². The van der Waals surface area contributed by atoms with Crippen LogP contribution in [0.1, 0.15) is 45.4 Å². The zero-order valence-electron chi connectivity index (χ0n) is 16.2. The van der Waals surface area contributed by atoms with E-state index in [0.29, 0.717) is 39.2 Å². The first-order valence-electron chi connectivity index (χ1n) is 9.39. The number of likely N-dealkylation sites (N-methyl/N-ethyl adjacent to an activating group) is 1. The van der Waals surface area contributed by atoms with Crippen molar-refractivity contribution in [3.8, 4) is 0 Å². The second-order valence-corrected chi connectivity index (χ2v) is 6.02. The smallest absolute Gasteiger partial charge is 0.219 e. The molecule has 0 unspecified atom stereocenters. The summed E-state index contributed by atoms with van der Waals surface area (Å²) < 4.78 is 10.6. The molecule has 1 atom stereocenters. The molecule has 4 N–H and O–H groups in total. The van der Waals surface area contributed by atoms with Crippen LogP contribution in [-0.2, 0) is 23.9 Å². The second kappa shape index (κ2) is 17.1. The predicted molar refractivity (Wildman–Crippen MR) is 99.9 cm³/mol. The van der Waals surface area contributed by atoms with Gasteiger partial charge in [-0.05, 0) is 19.9 Å². The second-order valence-electron chi connectivity index (χ2n) is 6.02. The van der Waals surface area contributed by atoms with E-state index in [-0.39, 0.29) is 36.7 Å². The predicted octanol–water partition coefficient (Wildman–Crippen LogP) is 0.181. The number of amides is 1. The number of ether oxygens (including phenoxy) is 2. The molecule has 0 radical (unpaired) electrons. The molecule has 0 aromatic carbocycles. The van der Waals surface area contributed by atoms with E-state index in [4.69, 9.17) is 15.2 Å². The van der Waals surface area contributed by atoms with E-state index in [1.165, 1.54) is 0 Å². The maximum absolute atomic E-state index is 11.7. The number of unbranched alkanes of at least 4 members (excludes halogenated alkanes) is 2. The summed E-state index contributed by atoms with van der Waals surface area (Å²) >= 11 is 0. The van der Waals surface area contributed by atoms with Gasteiger partial charge in [-0.3, -0.25) is 14.4 Å². The summed E-state index contributed by atoms with van der Waals surface area (Å²) in [5.74, 6) is 0.0956. The highest BCUT2D eigenvalue weighted by atomic mass is 16.5. The van der Waals surface area contributed by atoms with Crippen molar-refractivity contribution in [1.82, 2.24) is 10.6 Å². The summed E-state index contributed by atoms with van der Waals surface area (Å²) in [4.78, 5) is 34.2. The van der Waals surface area contributed by atoms with Crippen molar-refractivity contribution in [3.05, 3.63) is 0 Å². The van der Waals surface area contributed by atoms with Gasteiger partial charge in [-0.15, -0.1) is 0 Å². The normalized spacial score (nSPS) is 12.0. The highest BCUT2D eigenvalue weighted by Gasteiger charge is 2.13. The summed E-state index contributed by atoms with van der Waals surface area (Å²) in [6.45, 7) is 3.62. The van der Waals surface area contributed by atoms with Gasteiger partial charge < -0.3 is 25.8 Å². The third-order valence-corrected chi connectivity index (χ3v) is 3.91. The van der Waals surface area contributed by atoms with Gasteiger partial charge in [-0.2, -0.15) is 0 Å². The number of carbonyl (C=O) groups excluding carboxylic acids is 3. The van der Waals surface area contributed by atoms with E-state index in [2.05, 4.69) is 10.6 Å². The van der Waals surface area contributed by atoms with E-state index in [0.717, 1.165) is 25.7 Å². The van der Waals surface area contributed by atoms with E-state index in [9.17, 15) is 14.4 Å². The van der Waals surface area contributed by atoms with Crippen LogP contribution in [0, 0.1) is 0 Å². The monoisotopic (exact) mass is 373 g/mol. The molecule has 0 aromatic rings. The van der Waals surface area contributed by atoms with E-state index < -0.39 is 0 Å². The van der Waals surface area contributed by atoms with Crippen LogP contribution in [0.15, 0.2) is 0 Å². The van der Waals surface area contributed by atoms with Crippen molar-refractivity contribution in [2.75, 3.05) is 46.6 Å². The summed E-state index contributed by atoms with van der Waals surface area (Å²) in [7, 11) is 1.75. The SMILES string of the molecule is CCC(=O)NCCOCCOCC(=O)CCCCC[C@H](NC)C(=O)CN. The maximum atomic E-state index is 11.7. The Balaban J connectivity index is 3.44. The zero-order chi connectivity index (χ0) is 19.6.